The number of aromatic nitrogens is 1. The van der Waals surface area contributed by atoms with Gasteiger partial charge in [-0.05, 0) is 40.2 Å². The second-order valence-corrected chi connectivity index (χ2v) is 9.64. The number of amides is 2. The first-order valence-corrected chi connectivity index (χ1v) is 11.7. The zero-order chi connectivity index (χ0) is 27.0. The van der Waals surface area contributed by atoms with E-state index in [4.69, 9.17) is 9.15 Å². The predicted octanol–water partition coefficient (Wildman–Crippen LogP) is 3.78. The van der Waals surface area contributed by atoms with E-state index in [-0.39, 0.29) is 30.3 Å². The molecule has 0 aromatic carbocycles. The van der Waals surface area contributed by atoms with Gasteiger partial charge in [-0.25, -0.2) is 19.4 Å². The number of hydrogen-bond donors (Lipinski definition) is 2. The van der Waals surface area contributed by atoms with Crippen molar-refractivity contribution in [2.24, 2.45) is 5.92 Å². The van der Waals surface area contributed by atoms with Crippen LogP contribution in [0.5, 0.6) is 0 Å². The lowest BCUT2D eigenvalue weighted by Gasteiger charge is -2.26. The maximum atomic E-state index is 13.5. The van der Waals surface area contributed by atoms with Crippen LogP contribution in [0.2, 0.25) is 0 Å². The van der Waals surface area contributed by atoms with Crippen molar-refractivity contribution in [3.8, 4) is 10.4 Å². The first-order valence-electron chi connectivity index (χ1n) is 10.8. The molecule has 2 aromatic heterocycles. The standard InChI is InChI=1S/C22H24F3N3O7S/c1-5-34-18(32)12-6-7-28(15(12)17(30)31)20(33)27-19-26-10(2)16(36-19)11-8-13(35-14(29)9-11)21(3,4)22(23,24)25/h8-9,12,15H,5-7H2,1-4H3,(H,30,31)(H,26,27,33)/t12-,15+/m1/s1. The second-order valence-electron chi connectivity index (χ2n) is 8.64. The fraction of sp³-hybridized carbons (Fsp3) is 0.500. The van der Waals surface area contributed by atoms with Crippen LogP contribution in [-0.2, 0) is 19.7 Å². The maximum Gasteiger partial charge on any atom is 0.400 e. The Morgan fingerprint density at radius 3 is 2.56 bits per heavy atom. The molecule has 1 fully saturated rings. The number of hydrogen-bond acceptors (Lipinski definition) is 8. The SMILES string of the molecule is CCOC(=O)[C@@H]1CCN(C(=O)Nc2nc(C)c(-c3cc(C(C)(C)C(F)(F)F)oc(=O)c3)s2)[C@@H]1C(=O)O. The molecule has 36 heavy (non-hydrogen) atoms. The van der Waals surface area contributed by atoms with E-state index in [1.54, 1.807) is 6.92 Å². The highest BCUT2D eigenvalue weighted by atomic mass is 32.1. The number of carbonyl (C=O) groups excluding carboxylic acids is 2. The summed E-state index contributed by atoms with van der Waals surface area (Å²) in [5.74, 6) is -3.69. The van der Waals surface area contributed by atoms with Crippen LogP contribution < -0.4 is 10.9 Å². The maximum absolute atomic E-state index is 13.5. The second kappa shape index (κ2) is 9.91. The molecule has 0 aliphatic carbocycles. The summed E-state index contributed by atoms with van der Waals surface area (Å²) in [5.41, 5.74) is -2.97. The van der Waals surface area contributed by atoms with E-state index in [0.29, 0.717) is 10.6 Å². The van der Waals surface area contributed by atoms with Crippen LogP contribution in [-0.4, -0.2) is 58.3 Å². The van der Waals surface area contributed by atoms with Gasteiger partial charge in [0.1, 0.15) is 17.2 Å². The Hall–Kier alpha value is -3.42. The number of halogens is 3. The van der Waals surface area contributed by atoms with Crippen LogP contribution in [0.3, 0.4) is 0 Å². The highest BCUT2D eigenvalue weighted by molar-refractivity contribution is 7.19. The third-order valence-electron chi connectivity index (χ3n) is 5.87. The average Bonchev–Trinajstić information content (AvgIpc) is 3.36. The number of thiazole rings is 1. The van der Waals surface area contributed by atoms with Crippen molar-refractivity contribution in [1.29, 1.82) is 0 Å². The zero-order valence-corrected chi connectivity index (χ0v) is 20.6. The summed E-state index contributed by atoms with van der Waals surface area (Å²) in [5, 5.41) is 12.1. The number of nitrogens with one attached hydrogen (secondary N) is 1. The van der Waals surface area contributed by atoms with E-state index in [2.05, 4.69) is 10.3 Å². The number of ether oxygens (including phenoxy) is 1. The van der Waals surface area contributed by atoms with E-state index >= 15 is 0 Å². The molecule has 3 heterocycles. The molecule has 196 valence electrons. The van der Waals surface area contributed by atoms with E-state index in [9.17, 15) is 37.5 Å². The Balaban J connectivity index is 1.87. The third kappa shape index (κ3) is 5.22. The molecule has 2 atom stereocenters. The van der Waals surface area contributed by atoms with E-state index < -0.39 is 52.9 Å². The number of carboxylic acid groups (broad SMARTS) is 1. The molecular weight excluding hydrogens is 507 g/mol. The lowest BCUT2D eigenvalue weighted by molar-refractivity contribution is -0.185. The van der Waals surface area contributed by atoms with Gasteiger partial charge in [-0.2, -0.15) is 13.2 Å². The summed E-state index contributed by atoms with van der Waals surface area (Å²) in [6, 6.07) is -0.129. The van der Waals surface area contributed by atoms with Crippen molar-refractivity contribution in [3.63, 3.8) is 0 Å². The minimum Gasteiger partial charge on any atom is -0.480 e. The Bertz CT molecular complexity index is 1240. The largest absolute Gasteiger partial charge is 0.480 e. The molecule has 10 nitrogen and oxygen atoms in total. The van der Waals surface area contributed by atoms with Crippen molar-refractivity contribution < 1.29 is 41.8 Å². The summed E-state index contributed by atoms with van der Waals surface area (Å²) in [4.78, 5) is 54.3. The van der Waals surface area contributed by atoms with Crippen molar-refractivity contribution in [3.05, 3.63) is 34.0 Å². The molecule has 0 bridgehead atoms. The van der Waals surface area contributed by atoms with Crippen LogP contribution in [0.1, 0.15) is 38.6 Å². The number of likely N-dealkylation sites (tertiary alicyclic amines) is 1. The molecule has 0 saturated carbocycles. The Morgan fingerprint density at radius 1 is 1.31 bits per heavy atom. The Labute approximate surface area is 207 Å². The van der Waals surface area contributed by atoms with Gasteiger partial charge in [-0.1, -0.05) is 11.3 Å². The fourth-order valence-electron chi connectivity index (χ4n) is 3.76. The molecule has 2 N–H and O–H groups in total. The normalized spacial score (nSPS) is 18.2. The number of urea groups is 1. The third-order valence-corrected chi connectivity index (χ3v) is 6.99. The topological polar surface area (TPSA) is 139 Å². The molecule has 2 aromatic rings. The highest BCUT2D eigenvalue weighted by Gasteiger charge is 2.51. The molecule has 1 saturated heterocycles. The number of rotatable bonds is 6. The van der Waals surface area contributed by atoms with Crippen molar-refractivity contribution in [2.75, 3.05) is 18.5 Å². The number of aryl methyl sites for hydroxylation is 1. The molecule has 1 aliphatic rings. The smallest absolute Gasteiger partial charge is 0.400 e. The summed E-state index contributed by atoms with van der Waals surface area (Å²) < 4.78 is 50.2. The van der Waals surface area contributed by atoms with E-state index in [0.717, 1.165) is 42.2 Å². The number of carbonyl (C=O) groups is 3. The molecule has 14 heteroatoms. The van der Waals surface area contributed by atoms with Gasteiger partial charge in [0.15, 0.2) is 5.13 Å². The van der Waals surface area contributed by atoms with Crippen LogP contribution in [0.15, 0.2) is 21.3 Å². The summed E-state index contributed by atoms with van der Waals surface area (Å²) in [6.07, 6.45) is -4.58. The minimum atomic E-state index is -4.68. The minimum absolute atomic E-state index is 0.0148. The van der Waals surface area contributed by atoms with Crippen molar-refractivity contribution in [1.82, 2.24) is 9.88 Å². The number of aliphatic carboxylic acids is 1. The number of alkyl halides is 3. The lowest BCUT2D eigenvalue weighted by atomic mass is 9.88. The highest BCUT2D eigenvalue weighted by Crippen LogP contribution is 2.42. The summed E-state index contributed by atoms with van der Waals surface area (Å²) in [6.45, 7) is 4.95. The summed E-state index contributed by atoms with van der Waals surface area (Å²) >= 11 is 0.890. The molecule has 0 spiro atoms. The number of anilines is 1. The van der Waals surface area contributed by atoms with Gasteiger partial charge >= 0.3 is 29.8 Å². The molecule has 1 aliphatic heterocycles. The Kier molecular flexibility index (Phi) is 7.48. The number of carboxylic acids is 1. The van der Waals surface area contributed by atoms with Gasteiger partial charge in [0.25, 0.3) is 0 Å². The predicted molar refractivity (Wildman–Crippen MR) is 122 cm³/mol. The van der Waals surface area contributed by atoms with Gasteiger partial charge < -0.3 is 19.2 Å². The van der Waals surface area contributed by atoms with E-state index in [1.807, 2.05) is 0 Å². The van der Waals surface area contributed by atoms with Crippen LogP contribution >= 0.6 is 11.3 Å². The fourth-order valence-corrected chi connectivity index (χ4v) is 4.70. The van der Waals surface area contributed by atoms with Gasteiger partial charge in [0.05, 0.1) is 23.1 Å². The molecule has 3 rings (SSSR count). The van der Waals surface area contributed by atoms with E-state index in [1.165, 1.54) is 6.92 Å². The summed E-state index contributed by atoms with van der Waals surface area (Å²) in [7, 11) is 0. The number of esters is 1. The monoisotopic (exact) mass is 531 g/mol. The van der Waals surface area contributed by atoms with Crippen LogP contribution in [0.4, 0.5) is 23.1 Å². The zero-order valence-electron chi connectivity index (χ0n) is 19.8. The van der Waals surface area contributed by atoms with Gasteiger partial charge in [-0.3, -0.25) is 10.1 Å². The van der Waals surface area contributed by atoms with Crippen LogP contribution in [0.25, 0.3) is 10.4 Å². The Morgan fingerprint density at radius 2 is 1.97 bits per heavy atom. The quantitative estimate of drug-likeness (QED) is 0.537. The first-order chi connectivity index (χ1) is 16.7. The number of nitrogens with zero attached hydrogens (tertiary/aromatic N) is 2. The van der Waals surface area contributed by atoms with Crippen molar-refractivity contribution >= 4 is 34.4 Å². The molecule has 2 amide bonds. The first kappa shape index (κ1) is 27.2. The van der Waals surface area contributed by atoms with Gasteiger partial charge in [0.2, 0.25) is 0 Å². The lowest BCUT2D eigenvalue weighted by Crippen LogP contribution is -2.47. The van der Waals surface area contributed by atoms with Crippen LogP contribution in [0, 0.1) is 12.8 Å². The van der Waals surface area contributed by atoms with Gasteiger partial charge in [0, 0.05) is 18.2 Å². The molecule has 0 radical (unpaired) electrons. The van der Waals surface area contributed by atoms with Crippen molar-refractivity contribution in [2.45, 2.75) is 51.7 Å². The average molecular weight is 532 g/mol. The van der Waals surface area contributed by atoms with Gasteiger partial charge in [-0.15, -0.1) is 0 Å². The molecule has 0 unspecified atom stereocenters. The molecular formula is C22H24F3N3O7S.